The second kappa shape index (κ2) is 9.84. The number of carbonyl (C=O) groups excluding carboxylic acids is 1. The first-order chi connectivity index (χ1) is 17.7. The van der Waals surface area contributed by atoms with E-state index < -0.39 is 36.1 Å². The number of halogens is 3. The Morgan fingerprint density at radius 1 is 1.05 bits per heavy atom. The lowest BCUT2D eigenvalue weighted by Crippen LogP contribution is -2.35. The average Bonchev–Trinajstić information content (AvgIpc) is 3.50. The summed E-state index contributed by atoms with van der Waals surface area (Å²) in [6, 6.07) is 14.6. The first-order valence-corrected chi connectivity index (χ1v) is 12.0. The Balaban J connectivity index is 1.68. The fourth-order valence-corrected chi connectivity index (χ4v) is 4.74. The van der Waals surface area contributed by atoms with Crippen molar-refractivity contribution in [2.24, 2.45) is 5.10 Å². The molecule has 2 atom stereocenters. The van der Waals surface area contributed by atoms with Crippen molar-refractivity contribution < 1.29 is 19.1 Å². The fourth-order valence-electron chi connectivity index (χ4n) is 4.49. The van der Waals surface area contributed by atoms with E-state index in [0.717, 1.165) is 5.01 Å². The van der Waals surface area contributed by atoms with Gasteiger partial charge in [0, 0.05) is 33.6 Å². The number of fused-ring (bicyclic) bond motifs is 1. The van der Waals surface area contributed by atoms with E-state index in [2.05, 4.69) is 15.1 Å². The van der Waals surface area contributed by atoms with Gasteiger partial charge in [0.15, 0.2) is 6.17 Å². The van der Waals surface area contributed by atoms with Crippen LogP contribution in [-0.2, 0) is 9.59 Å². The largest absolute Gasteiger partial charge is 0.481 e. The Morgan fingerprint density at radius 2 is 1.70 bits per heavy atom. The molecule has 0 spiro atoms. The lowest BCUT2D eigenvalue weighted by atomic mass is 9.92. The van der Waals surface area contributed by atoms with E-state index in [9.17, 15) is 18.8 Å². The van der Waals surface area contributed by atoms with Crippen molar-refractivity contribution in [3.8, 4) is 11.1 Å². The van der Waals surface area contributed by atoms with Gasteiger partial charge in [-0.05, 0) is 41.5 Å². The van der Waals surface area contributed by atoms with E-state index in [1.54, 1.807) is 60.8 Å². The number of pyridine rings is 1. The zero-order valence-electron chi connectivity index (χ0n) is 19.0. The highest BCUT2D eigenvalue weighted by molar-refractivity contribution is 6.31. The van der Waals surface area contributed by atoms with Crippen LogP contribution in [0.2, 0.25) is 10.0 Å². The molecule has 2 aromatic heterocycles. The number of carboxylic acid groups (broad SMARTS) is 1. The molecule has 0 bridgehead atoms. The highest BCUT2D eigenvalue weighted by Crippen LogP contribution is 2.37. The van der Waals surface area contributed by atoms with Gasteiger partial charge in [-0.25, -0.2) is 9.40 Å². The number of benzene rings is 2. The maximum Gasteiger partial charge on any atom is 0.306 e. The van der Waals surface area contributed by atoms with Crippen LogP contribution in [0, 0.1) is 0 Å². The van der Waals surface area contributed by atoms with Gasteiger partial charge in [-0.1, -0.05) is 47.5 Å². The summed E-state index contributed by atoms with van der Waals surface area (Å²) in [7, 11) is 0. The molecule has 11 heteroatoms. The summed E-state index contributed by atoms with van der Waals surface area (Å²) in [6.07, 6.45) is -1.53. The van der Waals surface area contributed by atoms with Crippen molar-refractivity contribution in [3.63, 3.8) is 0 Å². The minimum atomic E-state index is -2.31. The second-order valence-electron chi connectivity index (χ2n) is 8.54. The Labute approximate surface area is 219 Å². The molecule has 0 aliphatic carbocycles. The lowest BCUT2D eigenvalue weighted by molar-refractivity contribution is -0.146. The Morgan fingerprint density at radius 3 is 2.35 bits per heavy atom. The van der Waals surface area contributed by atoms with Gasteiger partial charge in [0.1, 0.15) is 5.65 Å². The zero-order valence-corrected chi connectivity index (χ0v) is 20.6. The zero-order chi connectivity index (χ0) is 26.3. The summed E-state index contributed by atoms with van der Waals surface area (Å²) in [5.74, 6) is -2.56. The molecule has 1 aliphatic rings. The summed E-state index contributed by atoms with van der Waals surface area (Å²) in [6.45, 7) is 0. The summed E-state index contributed by atoms with van der Waals surface area (Å²) in [5, 5.41) is 16.0. The molecular weight excluding hydrogens is 522 g/mol. The third-order valence-electron chi connectivity index (χ3n) is 6.17. The molecule has 5 rings (SSSR count). The number of hydrogen-bond acceptors (Lipinski definition) is 4. The minimum Gasteiger partial charge on any atom is -0.481 e. The molecule has 0 saturated carbocycles. The van der Waals surface area contributed by atoms with Crippen LogP contribution in [0.5, 0.6) is 0 Å². The first-order valence-electron chi connectivity index (χ1n) is 11.2. The average molecular weight is 541 g/mol. The number of aromatic nitrogens is 2. The van der Waals surface area contributed by atoms with Crippen LogP contribution in [0.1, 0.15) is 30.0 Å². The number of carbonyl (C=O) groups is 2. The number of hydrogen-bond donors (Lipinski definition) is 3. The predicted octanol–water partition coefficient (Wildman–Crippen LogP) is 5.32. The molecular formula is C26H19Cl2FN4O4. The molecule has 1 amide bonds. The molecule has 8 nitrogen and oxygen atoms in total. The molecule has 2 aromatic carbocycles. The fraction of sp³-hybridized carbons (Fsp3) is 0.154. The number of nitrogens with zero attached hydrogens (tertiary/aromatic N) is 2. The molecule has 4 aromatic rings. The molecule has 2 unspecified atom stereocenters. The second-order valence-corrected chi connectivity index (χ2v) is 9.42. The molecule has 1 aliphatic heterocycles. The quantitative estimate of drug-likeness (QED) is 0.306. The van der Waals surface area contributed by atoms with Gasteiger partial charge >= 0.3 is 5.97 Å². The molecule has 37 heavy (non-hydrogen) atoms. The van der Waals surface area contributed by atoms with E-state index in [0.29, 0.717) is 37.8 Å². The summed E-state index contributed by atoms with van der Waals surface area (Å²) >= 11 is 12.1. The van der Waals surface area contributed by atoms with Crippen molar-refractivity contribution in [2.75, 3.05) is 0 Å². The van der Waals surface area contributed by atoms with Crippen LogP contribution in [-0.4, -0.2) is 43.8 Å². The Bertz CT molecular complexity index is 1600. The van der Waals surface area contributed by atoms with E-state index in [-0.39, 0.29) is 17.7 Å². The number of H-pyrrole nitrogens is 2. The van der Waals surface area contributed by atoms with E-state index in [1.165, 1.54) is 0 Å². The van der Waals surface area contributed by atoms with Crippen LogP contribution < -0.4 is 5.56 Å². The summed E-state index contributed by atoms with van der Waals surface area (Å²) in [4.78, 5) is 43.2. The monoisotopic (exact) mass is 540 g/mol. The van der Waals surface area contributed by atoms with Crippen molar-refractivity contribution >= 4 is 51.8 Å². The smallest absolute Gasteiger partial charge is 0.306 e. The number of nitrogens with one attached hydrogen (secondary N) is 2. The van der Waals surface area contributed by atoms with Crippen molar-refractivity contribution in [1.29, 1.82) is 0 Å². The molecule has 3 heterocycles. The van der Waals surface area contributed by atoms with Crippen LogP contribution >= 0.6 is 23.2 Å². The van der Waals surface area contributed by atoms with Crippen molar-refractivity contribution in [3.05, 3.63) is 92.3 Å². The van der Waals surface area contributed by atoms with Gasteiger partial charge < -0.3 is 15.1 Å². The number of aliphatic carboxylic acids is 1. The van der Waals surface area contributed by atoms with Crippen LogP contribution in [0.25, 0.3) is 22.2 Å². The Hall–Kier alpha value is -3.95. The molecule has 0 radical (unpaired) electrons. The van der Waals surface area contributed by atoms with E-state index >= 15 is 0 Å². The summed E-state index contributed by atoms with van der Waals surface area (Å²) in [5.41, 5.74) is 2.39. The summed E-state index contributed by atoms with van der Waals surface area (Å²) < 4.78 is 14.7. The highest BCUT2D eigenvalue weighted by Gasteiger charge is 2.39. The third kappa shape index (κ3) is 4.75. The van der Waals surface area contributed by atoms with E-state index in [1.807, 2.05) is 0 Å². The molecule has 0 fully saturated rings. The maximum atomic E-state index is 14.7. The molecule has 188 valence electrons. The SMILES string of the molecule is O=C(O)CC(F)C(=O)N1N=C(c2c(-c3ccc(Cl)cc3)c3cc[nH]c3[nH]c2=O)CC1c1ccc(Cl)cc1. The normalized spacial score (nSPS) is 16.1. The van der Waals surface area contributed by atoms with Crippen LogP contribution in [0.4, 0.5) is 4.39 Å². The molecule has 0 saturated heterocycles. The highest BCUT2D eigenvalue weighted by atomic mass is 35.5. The number of carboxylic acids is 1. The van der Waals surface area contributed by atoms with Gasteiger partial charge in [0.2, 0.25) is 0 Å². The topological polar surface area (TPSA) is 119 Å². The lowest BCUT2D eigenvalue weighted by Gasteiger charge is -2.23. The van der Waals surface area contributed by atoms with Gasteiger partial charge in [0.05, 0.1) is 23.7 Å². The maximum absolute atomic E-state index is 14.7. The van der Waals surface area contributed by atoms with E-state index in [4.69, 9.17) is 28.3 Å². The van der Waals surface area contributed by atoms with Gasteiger partial charge in [-0.2, -0.15) is 5.10 Å². The van der Waals surface area contributed by atoms with Gasteiger partial charge in [0.25, 0.3) is 11.5 Å². The van der Waals surface area contributed by atoms with Crippen LogP contribution in [0.3, 0.4) is 0 Å². The number of hydrazone groups is 1. The van der Waals surface area contributed by atoms with Crippen LogP contribution in [0.15, 0.2) is 70.7 Å². The van der Waals surface area contributed by atoms with Gasteiger partial charge in [-0.15, -0.1) is 0 Å². The Kier molecular flexibility index (Phi) is 6.57. The first kappa shape index (κ1) is 24.7. The third-order valence-corrected chi connectivity index (χ3v) is 6.67. The van der Waals surface area contributed by atoms with Gasteiger partial charge in [-0.3, -0.25) is 14.4 Å². The number of aromatic amines is 2. The number of amides is 1. The predicted molar refractivity (Wildman–Crippen MR) is 139 cm³/mol. The standard InChI is InChI=1S/C26H19Cl2FN4O4/c27-15-5-1-13(2-6-15)20-12-19(32-33(20)26(37)18(29)11-21(34)35)23-22(14-3-7-16(28)8-4-14)17-9-10-30-24(17)31-25(23)36/h1-10,18,20H,11-12H2,(H,34,35)(H2,30,31,36). The van der Waals surface area contributed by atoms with Crippen molar-refractivity contribution in [1.82, 2.24) is 15.0 Å². The number of rotatable bonds is 6. The number of alkyl halides is 1. The molecule has 3 N–H and O–H groups in total. The minimum absolute atomic E-state index is 0.0900. The van der Waals surface area contributed by atoms with Crippen molar-refractivity contribution in [2.45, 2.75) is 25.1 Å².